The summed E-state index contributed by atoms with van der Waals surface area (Å²) in [5.74, 6) is -3.58. The highest BCUT2D eigenvalue weighted by atomic mass is 16.6. The Labute approximate surface area is 119 Å². The third kappa shape index (κ3) is 2.66. The molecule has 7 heteroatoms. The Morgan fingerprint density at radius 2 is 1.90 bits per heavy atom. The van der Waals surface area contributed by atoms with Crippen molar-refractivity contribution in [2.24, 2.45) is 5.92 Å². The van der Waals surface area contributed by atoms with E-state index in [1.165, 1.54) is 30.4 Å². The van der Waals surface area contributed by atoms with Crippen LogP contribution in [0, 0.1) is 16.0 Å². The molecule has 0 bridgehead atoms. The number of nitrogens with zero attached hydrogens (tertiary/aromatic N) is 1. The second-order valence-electron chi connectivity index (χ2n) is 4.46. The van der Waals surface area contributed by atoms with E-state index in [4.69, 9.17) is 5.11 Å². The van der Waals surface area contributed by atoms with E-state index >= 15 is 0 Å². The lowest BCUT2D eigenvalue weighted by Crippen LogP contribution is -2.60. The minimum atomic E-state index is -2.20. The molecule has 2 atom stereocenters. The average Bonchev–Trinajstić information content (AvgIpc) is 2.48. The van der Waals surface area contributed by atoms with Crippen LogP contribution in [-0.4, -0.2) is 27.6 Å². The number of benzene rings is 1. The molecular weight excluding hydrogens is 276 g/mol. The van der Waals surface area contributed by atoms with E-state index in [1.54, 1.807) is 18.2 Å². The summed E-state index contributed by atoms with van der Waals surface area (Å²) in [6, 6.07) is 7.89. The van der Waals surface area contributed by atoms with Crippen LogP contribution in [0.2, 0.25) is 0 Å². The molecule has 7 nitrogen and oxygen atoms in total. The van der Waals surface area contributed by atoms with Crippen LogP contribution in [0.25, 0.3) is 0 Å². The minimum Gasteiger partial charge on any atom is -0.481 e. The summed E-state index contributed by atoms with van der Waals surface area (Å²) in [7, 11) is 0. The van der Waals surface area contributed by atoms with Crippen molar-refractivity contribution in [3.63, 3.8) is 0 Å². The Bertz CT molecular complexity index is 638. The van der Waals surface area contributed by atoms with E-state index in [0.29, 0.717) is 0 Å². The molecule has 2 unspecified atom stereocenters. The first-order valence-electron chi connectivity index (χ1n) is 6.08. The van der Waals surface area contributed by atoms with Crippen LogP contribution in [-0.2, 0) is 4.79 Å². The molecule has 2 rings (SSSR count). The first-order chi connectivity index (χ1) is 9.97. The van der Waals surface area contributed by atoms with Crippen LogP contribution in [0.1, 0.15) is 10.4 Å². The maximum absolute atomic E-state index is 12.1. The van der Waals surface area contributed by atoms with Crippen LogP contribution in [0.5, 0.6) is 0 Å². The van der Waals surface area contributed by atoms with Gasteiger partial charge >= 0.3 is 11.6 Å². The van der Waals surface area contributed by atoms with Crippen molar-refractivity contribution in [2.75, 3.05) is 0 Å². The Morgan fingerprint density at radius 3 is 2.48 bits per heavy atom. The lowest BCUT2D eigenvalue weighted by Gasteiger charge is -2.28. The number of nitrogens with one attached hydrogen (secondary N) is 1. The van der Waals surface area contributed by atoms with Gasteiger partial charge in [0.25, 0.3) is 5.91 Å². The summed E-state index contributed by atoms with van der Waals surface area (Å²) < 4.78 is 0. The van der Waals surface area contributed by atoms with Gasteiger partial charge in [-0.15, -0.1) is 0 Å². The maximum Gasteiger partial charge on any atom is 0.332 e. The van der Waals surface area contributed by atoms with Crippen molar-refractivity contribution in [1.29, 1.82) is 0 Å². The number of amides is 1. The van der Waals surface area contributed by atoms with E-state index < -0.39 is 28.4 Å². The van der Waals surface area contributed by atoms with Crippen molar-refractivity contribution in [3.05, 3.63) is 70.3 Å². The van der Waals surface area contributed by atoms with Gasteiger partial charge in [0.2, 0.25) is 0 Å². The van der Waals surface area contributed by atoms with Gasteiger partial charge in [-0.3, -0.25) is 25.0 Å². The molecule has 0 aliphatic heterocycles. The number of hydrogen-bond donors (Lipinski definition) is 2. The fourth-order valence-corrected chi connectivity index (χ4v) is 2.08. The number of carbonyl (C=O) groups excluding carboxylic acids is 1. The number of carbonyl (C=O) groups is 2. The summed E-state index contributed by atoms with van der Waals surface area (Å²) >= 11 is 0. The van der Waals surface area contributed by atoms with Gasteiger partial charge in [0.15, 0.2) is 5.92 Å². The molecule has 0 saturated heterocycles. The van der Waals surface area contributed by atoms with Crippen LogP contribution in [0.3, 0.4) is 0 Å². The number of allylic oxidation sites excluding steroid dienone is 2. The Hall–Kier alpha value is -2.96. The third-order valence-corrected chi connectivity index (χ3v) is 3.16. The molecular formula is C14H12N2O5. The highest BCUT2D eigenvalue weighted by Crippen LogP contribution is 2.26. The number of carboxylic acid groups (broad SMARTS) is 1. The van der Waals surface area contributed by atoms with E-state index in [9.17, 15) is 19.7 Å². The first-order valence-corrected chi connectivity index (χ1v) is 6.08. The Balaban J connectivity index is 2.37. The van der Waals surface area contributed by atoms with Crippen LogP contribution >= 0.6 is 0 Å². The molecule has 0 radical (unpaired) electrons. The quantitative estimate of drug-likeness (QED) is 0.491. The number of aliphatic carboxylic acids is 1. The minimum absolute atomic E-state index is 0.214. The van der Waals surface area contributed by atoms with E-state index in [2.05, 4.69) is 5.32 Å². The van der Waals surface area contributed by atoms with E-state index in [1.807, 2.05) is 0 Å². The summed E-state index contributed by atoms with van der Waals surface area (Å²) in [5.41, 5.74) is -1.99. The molecule has 1 aromatic rings. The predicted octanol–water partition coefficient (Wildman–Crippen LogP) is 1.22. The van der Waals surface area contributed by atoms with Crippen LogP contribution in [0.4, 0.5) is 0 Å². The van der Waals surface area contributed by atoms with Gasteiger partial charge in [-0.1, -0.05) is 36.4 Å². The molecule has 1 aromatic carbocycles. The summed E-state index contributed by atoms with van der Waals surface area (Å²) in [5, 5.41) is 22.8. The third-order valence-electron chi connectivity index (χ3n) is 3.16. The lowest BCUT2D eigenvalue weighted by molar-refractivity contribution is -0.565. The van der Waals surface area contributed by atoms with Crippen LogP contribution < -0.4 is 5.32 Å². The Kier molecular flexibility index (Phi) is 3.84. The molecule has 0 aromatic heterocycles. The molecule has 1 aliphatic carbocycles. The van der Waals surface area contributed by atoms with Gasteiger partial charge in [-0.05, 0) is 12.1 Å². The van der Waals surface area contributed by atoms with Gasteiger partial charge in [-0.2, -0.15) is 0 Å². The topological polar surface area (TPSA) is 110 Å². The zero-order valence-corrected chi connectivity index (χ0v) is 10.8. The molecule has 0 saturated carbocycles. The van der Waals surface area contributed by atoms with E-state index in [0.717, 1.165) is 6.08 Å². The smallest absolute Gasteiger partial charge is 0.332 e. The molecule has 2 N–H and O–H groups in total. The molecule has 0 heterocycles. The summed E-state index contributed by atoms with van der Waals surface area (Å²) in [6.07, 6.45) is 4.99. The van der Waals surface area contributed by atoms with Crippen molar-refractivity contribution in [1.82, 2.24) is 5.32 Å². The second-order valence-corrected chi connectivity index (χ2v) is 4.46. The molecule has 21 heavy (non-hydrogen) atoms. The first kappa shape index (κ1) is 14.4. The molecule has 0 fully saturated rings. The van der Waals surface area contributed by atoms with Gasteiger partial charge < -0.3 is 5.11 Å². The highest BCUT2D eigenvalue weighted by Gasteiger charge is 2.53. The van der Waals surface area contributed by atoms with Gasteiger partial charge in [0.05, 0.1) is 4.92 Å². The molecule has 0 spiro atoms. The SMILES string of the molecule is O=C(NC1([N+](=O)[O-])C=CC=CC1C(=O)O)c1ccccc1. The summed E-state index contributed by atoms with van der Waals surface area (Å²) in [4.78, 5) is 34.0. The van der Waals surface area contributed by atoms with Crippen molar-refractivity contribution >= 4 is 11.9 Å². The zero-order chi connectivity index (χ0) is 15.5. The molecule has 108 valence electrons. The van der Waals surface area contributed by atoms with Crippen LogP contribution in [0.15, 0.2) is 54.6 Å². The fourth-order valence-electron chi connectivity index (χ4n) is 2.08. The van der Waals surface area contributed by atoms with Gasteiger partial charge in [-0.25, -0.2) is 0 Å². The van der Waals surface area contributed by atoms with Gasteiger partial charge in [0.1, 0.15) is 0 Å². The Morgan fingerprint density at radius 1 is 1.24 bits per heavy atom. The number of hydrogen-bond acceptors (Lipinski definition) is 4. The largest absolute Gasteiger partial charge is 0.481 e. The normalized spacial score (nSPS) is 23.5. The lowest BCUT2D eigenvalue weighted by atomic mass is 9.88. The summed E-state index contributed by atoms with van der Waals surface area (Å²) in [6.45, 7) is 0. The zero-order valence-electron chi connectivity index (χ0n) is 10.8. The highest BCUT2D eigenvalue weighted by molar-refractivity contribution is 5.95. The average molecular weight is 288 g/mol. The van der Waals surface area contributed by atoms with Crippen molar-refractivity contribution in [2.45, 2.75) is 5.66 Å². The predicted molar refractivity (Wildman–Crippen MR) is 73.0 cm³/mol. The maximum atomic E-state index is 12.1. The molecule has 1 aliphatic rings. The fraction of sp³-hybridized carbons (Fsp3) is 0.143. The number of rotatable bonds is 4. The number of nitro groups is 1. The molecule has 1 amide bonds. The van der Waals surface area contributed by atoms with Gasteiger partial charge in [0, 0.05) is 11.6 Å². The monoisotopic (exact) mass is 288 g/mol. The standard InChI is InChI=1S/C14H12N2O5/c17-12(10-6-2-1-3-7-10)15-14(16(20)21)9-5-4-8-11(14)13(18)19/h1-9,11H,(H,15,17)(H,18,19). The van der Waals surface area contributed by atoms with E-state index in [-0.39, 0.29) is 5.56 Å². The number of carboxylic acids is 1. The second kappa shape index (κ2) is 5.58. The van der Waals surface area contributed by atoms with Crippen molar-refractivity contribution < 1.29 is 19.6 Å². The van der Waals surface area contributed by atoms with Crippen molar-refractivity contribution in [3.8, 4) is 0 Å².